The summed E-state index contributed by atoms with van der Waals surface area (Å²) in [5.41, 5.74) is 23.5. The quantitative estimate of drug-likeness (QED) is 0.143. The second-order valence-electron chi connectivity index (χ2n) is 21.7. The van der Waals surface area contributed by atoms with Gasteiger partial charge in [0.05, 0.1) is 34.2 Å². The number of nitrogens with zero attached hydrogens (tertiary/aromatic N) is 9. The fourth-order valence-electron chi connectivity index (χ4n) is 12.6. The van der Waals surface area contributed by atoms with E-state index < -0.39 is 0 Å². The fourth-order valence-corrected chi connectivity index (χ4v) is 12.6. The predicted molar refractivity (Wildman–Crippen MR) is 317 cm³/mol. The Morgan fingerprint density at radius 1 is 0.513 bits per heavy atom. The largest absolute Gasteiger partial charge is 0.345 e. The third-order valence-corrected chi connectivity index (χ3v) is 16.9. The predicted octanol–water partition coefficient (Wildman–Crippen LogP) is 14.4. The van der Waals surface area contributed by atoms with Crippen molar-refractivity contribution in [1.82, 2.24) is 54.9 Å². The topological polar surface area (TPSA) is 128 Å². The molecule has 2 aliphatic heterocycles. The van der Waals surface area contributed by atoms with Gasteiger partial charge in [0.1, 0.15) is 5.65 Å². The molecular weight excluding hydrogens is 959 g/mol. The Balaban J connectivity index is 0.000000152. The summed E-state index contributed by atoms with van der Waals surface area (Å²) in [6.07, 6.45) is 25.5. The maximum atomic E-state index is 4.81. The lowest BCUT2D eigenvalue weighted by Gasteiger charge is -2.32. The van der Waals surface area contributed by atoms with Gasteiger partial charge in [0.25, 0.3) is 0 Å². The number of fused-ring (bicyclic) bond motifs is 4. The van der Waals surface area contributed by atoms with Crippen LogP contribution in [0.5, 0.6) is 0 Å². The van der Waals surface area contributed by atoms with E-state index in [1.807, 2.05) is 64.7 Å². The second kappa shape index (κ2) is 22.7. The van der Waals surface area contributed by atoms with Gasteiger partial charge in [-0.1, -0.05) is 80.6 Å². The molecular formula is C67H71N11. The van der Waals surface area contributed by atoms with Gasteiger partial charge in [-0.05, 0) is 187 Å². The van der Waals surface area contributed by atoms with Gasteiger partial charge in [-0.3, -0.25) is 20.1 Å². The lowest BCUT2D eigenvalue weighted by Crippen LogP contribution is -2.37. The minimum absolute atomic E-state index is 0.698. The normalized spacial score (nSPS) is 17.4. The molecule has 2 fully saturated rings. The molecule has 7 aromatic heterocycles. The van der Waals surface area contributed by atoms with E-state index in [-0.39, 0.29) is 0 Å². The first-order chi connectivity index (χ1) is 38.3. The molecule has 0 amide bonds. The van der Waals surface area contributed by atoms with Crippen LogP contribution in [0.3, 0.4) is 0 Å². The van der Waals surface area contributed by atoms with Crippen molar-refractivity contribution in [2.75, 3.05) is 26.2 Å². The summed E-state index contributed by atoms with van der Waals surface area (Å²) in [5.74, 6) is 0. The number of aryl methyl sites for hydroxylation is 6. The number of nitrogens with one attached hydrogen (secondary N) is 2. The molecule has 3 aromatic carbocycles. The van der Waals surface area contributed by atoms with Gasteiger partial charge in [-0.15, -0.1) is 0 Å². The Morgan fingerprint density at radius 3 is 1.85 bits per heavy atom. The zero-order valence-corrected chi connectivity index (χ0v) is 46.0. The molecule has 11 heteroatoms. The van der Waals surface area contributed by atoms with Gasteiger partial charge in [0.15, 0.2) is 5.65 Å². The third kappa shape index (κ3) is 10.5. The summed E-state index contributed by atoms with van der Waals surface area (Å²) >= 11 is 0. The van der Waals surface area contributed by atoms with Gasteiger partial charge in [-0.25, -0.2) is 15.0 Å². The molecule has 0 spiro atoms. The summed E-state index contributed by atoms with van der Waals surface area (Å²) in [6, 6.07) is 36.7. The molecule has 78 heavy (non-hydrogen) atoms. The molecule has 2 unspecified atom stereocenters. The lowest BCUT2D eigenvalue weighted by molar-refractivity contribution is 0.222. The molecule has 14 rings (SSSR count). The molecule has 394 valence electrons. The highest BCUT2D eigenvalue weighted by molar-refractivity contribution is 5.96. The van der Waals surface area contributed by atoms with E-state index in [1.165, 1.54) is 123 Å². The van der Waals surface area contributed by atoms with Gasteiger partial charge < -0.3 is 14.8 Å². The van der Waals surface area contributed by atoms with E-state index >= 15 is 0 Å². The van der Waals surface area contributed by atoms with E-state index in [2.05, 4.69) is 138 Å². The standard InChI is InChI=1S/C33H34N6.C32H31N5.C2H6/c1-21-17-34-22(2)32(38-21)26-9-12-31(35-18-26)30-20-37-33-29(30)16-27(19-36-33)25-6-5-23-7-10-28(11-8-24(23)15-25)39-13-3-4-14-39;1-21-5-4-14-33-30(21)23-7-9-24(10-8-23)31-29-19-27(20-34-32(29)36-35-31)25-11-6-22-12-13-28(18-26(22)17-25)37-15-2-3-16-37;1-2/h5-6,9,12,15-20,28H,3-4,7-8,10-11,13-14H2,1-2H3,(H,36,37);4-11,14,17,19-20,28H,2-3,12-13,15-16,18H2,1H3,(H,34,35,36);1-2H3. The highest BCUT2D eigenvalue weighted by Gasteiger charge is 2.28. The lowest BCUT2D eigenvalue weighted by atomic mass is 9.85. The van der Waals surface area contributed by atoms with Crippen LogP contribution in [0, 0.1) is 20.8 Å². The van der Waals surface area contributed by atoms with Crippen molar-refractivity contribution in [2.24, 2.45) is 0 Å². The number of aromatic nitrogens is 9. The van der Waals surface area contributed by atoms with Crippen LogP contribution in [-0.4, -0.2) is 93.1 Å². The molecule has 2 saturated heterocycles. The molecule has 11 nitrogen and oxygen atoms in total. The van der Waals surface area contributed by atoms with Crippen molar-refractivity contribution in [3.05, 3.63) is 173 Å². The fraction of sp³-hybridized carbons (Fsp3) is 0.328. The van der Waals surface area contributed by atoms with Crippen LogP contribution in [0.1, 0.15) is 98.0 Å². The number of aromatic amines is 2. The van der Waals surface area contributed by atoms with Crippen LogP contribution in [-0.2, 0) is 25.7 Å². The first-order valence-electron chi connectivity index (χ1n) is 28.7. The zero-order valence-electron chi connectivity index (χ0n) is 46.0. The van der Waals surface area contributed by atoms with E-state index in [0.717, 1.165) is 108 Å². The number of hydrogen-bond acceptors (Lipinski definition) is 9. The van der Waals surface area contributed by atoms with E-state index in [9.17, 15) is 0 Å². The van der Waals surface area contributed by atoms with Crippen LogP contribution in [0.15, 0.2) is 134 Å². The second-order valence-corrected chi connectivity index (χ2v) is 21.7. The zero-order chi connectivity index (χ0) is 53.1. The van der Waals surface area contributed by atoms with Gasteiger partial charge in [0.2, 0.25) is 0 Å². The third-order valence-electron chi connectivity index (χ3n) is 16.9. The van der Waals surface area contributed by atoms with E-state index in [0.29, 0.717) is 6.04 Å². The molecule has 10 aromatic rings. The first kappa shape index (κ1) is 51.1. The van der Waals surface area contributed by atoms with Crippen molar-refractivity contribution < 1.29 is 0 Å². The highest BCUT2D eigenvalue weighted by atomic mass is 15.2. The molecule has 2 N–H and O–H groups in total. The maximum absolute atomic E-state index is 4.81. The SMILES string of the molecule is CC.Cc1cccnc1-c1ccc(-c2[nH]nc3ncc(-c4ccc5c(c4)CC(N4CCCC4)CC5)cc23)cc1.Cc1cnc(C)c(-c2ccc(-c3c[nH]c4ncc(-c5ccc6c(c5)CCC(N5CCCC5)CC6)cc34)nc2)n1. The van der Waals surface area contributed by atoms with Gasteiger partial charge in [0, 0.05) is 93.4 Å². The minimum Gasteiger partial charge on any atom is -0.345 e. The number of rotatable bonds is 8. The Labute approximate surface area is 459 Å². The minimum atomic E-state index is 0.698. The summed E-state index contributed by atoms with van der Waals surface area (Å²) in [5, 5.41) is 9.86. The number of hydrogen-bond donors (Lipinski definition) is 2. The molecule has 4 aliphatic rings. The van der Waals surface area contributed by atoms with Crippen LogP contribution < -0.4 is 0 Å². The molecule has 2 aliphatic carbocycles. The average Bonchev–Trinajstić information content (AvgIpc) is 4.35. The monoisotopic (exact) mass is 1030 g/mol. The molecule has 0 radical (unpaired) electrons. The summed E-state index contributed by atoms with van der Waals surface area (Å²) in [4.78, 5) is 36.8. The average molecular weight is 1030 g/mol. The smallest absolute Gasteiger partial charge is 0.181 e. The molecule has 9 heterocycles. The Hall–Kier alpha value is -7.73. The van der Waals surface area contributed by atoms with Crippen molar-refractivity contribution >= 4 is 22.1 Å². The Bertz CT molecular complexity index is 3710. The summed E-state index contributed by atoms with van der Waals surface area (Å²) in [7, 11) is 0. The van der Waals surface area contributed by atoms with Gasteiger partial charge >= 0.3 is 0 Å². The van der Waals surface area contributed by atoms with Crippen molar-refractivity contribution in [3.63, 3.8) is 0 Å². The van der Waals surface area contributed by atoms with Crippen LogP contribution in [0.4, 0.5) is 0 Å². The molecule has 0 bridgehead atoms. The highest BCUT2D eigenvalue weighted by Crippen LogP contribution is 2.36. The van der Waals surface area contributed by atoms with Crippen molar-refractivity contribution in [3.8, 4) is 67.3 Å². The Morgan fingerprint density at radius 2 is 1.13 bits per heavy atom. The number of pyridine rings is 4. The Kier molecular flexibility index (Phi) is 14.9. The maximum Gasteiger partial charge on any atom is 0.181 e. The molecule has 2 atom stereocenters. The van der Waals surface area contributed by atoms with Crippen LogP contribution >= 0.6 is 0 Å². The summed E-state index contributed by atoms with van der Waals surface area (Å²) in [6.45, 7) is 15.2. The first-order valence-corrected chi connectivity index (χ1v) is 28.7. The van der Waals surface area contributed by atoms with E-state index in [4.69, 9.17) is 15.0 Å². The van der Waals surface area contributed by atoms with E-state index in [1.54, 1.807) is 6.20 Å². The van der Waals surface area contributed by atoms with Crippen LogP contribution in [0.2, 0.25) is 0 Å². The number of likely N-dealkylation sites (tertiary alicyclic amines) is 2. The number of benzene rings is 3. The van der Waals surface area contributed by atoms with Crippen molar-refractivity contribution in [2.45, 2.75) is 117 Å². The van der Waals surface area contributed by atoms with Gasteiger partial charge in [-0.2, -0.15) is 5.10 Å². The van der Waals surface area contributed by atoms with Crippen LogP contribution in [0.25, 0.3) is 89.4 Å². The van der Waals surface area contributed by atoms with Crippen molar-refractivity contribution in [1.29, 1.82) is 0 Å². The number of H-pyrrole nitrogens is 2. The molecule has 0 saturated carbocycles. The summed E-state index contributed by atoms with van der Waals surface area (Å²) < 4.78 is 0.